The van der Waals surface area contributed by atoms with E-state index in [9.17, 15) is 0 Å². The first kappa shape index (κ1) is 13.1. The Hall–Kier alpha value is -0.350. The smallest absolute Gasteiger partial charge is 0.0413 e. The molecule has 0 spiro atoms. The van der Waals surface area contributed by atoms with Gasteiger partial charge in [0.15, 0.2) is 0 Å². The van der Waals surface area contributed by atoms with Crippen molar-refractivity contribution in [2.24, 2.45) is 0 Å². The fourth-order valence-corrected chi connectivity index (χ4v) is 3.42. The minimum Gasteiger partial charge on any atom is -0.313 e. The average Bonchev–Trinajstić information content (AvgIpc) is 2.80. The normalized spacial score (nSPS) is 12.7. The van der Waals surface area contributed by atoms with Gasteiger partial charge in [-0.05, 0) is 44.3 Å². The average molecular weight is 331 g/mol. The number of benzene rings is 1. The van der Waals surface area contributed by atoms with Crippen molar-refractivity contribution in [2.45, 2.75) is 13.0 Å². The Morgan fingerprint density at radius 3 is 2.76 bits per heavy atom. The molecule has 0 aliphatic rings. The minimum atomic E-state index is 0.381. The van der Waals surface area contributed by atoms with Crippen molar-refractivity contribution >= 4 is 38.9 Å². The van der Waals surface area contributed by atoms with E-state index in [-0.39, 0.29) is 0 Å². The van der Waals surface area contributed by atoms with E-state index in [0.717, 1.165) is 15.1 Å². The SMILES string of the molecule is CNC(C)c1ccc(-c2cc(Cl)ccc2Br)s1. The van der Waals surface area contributed by atoms with Crippen LogP contribution < -0.4 is 5.32 Å². The van der Waals surface area contributed by atoms with Gasteiger partial charge in [0, 0.05) is 30.9 Å². The summed E-state index contributed by atoms with van der Waals surface area (Å²) in [5.41, 5.74) is 1.15. The van der Waals surface area contributed by atoms with Gasteiger partial charge < -0.3 is 5.32 Å². The predicted octanol–water partition coefficient (Wildman–Crippen LogP) is 5.11. The molecule has 0 fully saturated rings. The van der Waals surface area contributed by atoms with E-state index in [1.165, 1.54) is 9.75 Å². The molecule has 1 nitrogen and oxygen atoms in total. The Morgan fingerprint density at radius 2 is 2.06 bits per heavy atom. The van der Waals surface area contributed by atoms with Crippen molar-refractivity contribution in [1.82, 2.24) is 5.32 Å². The zero-order chi connectivity index (χ0) is 12.4. The van der Waals surface area contributed by atoms with Crippen LogP contribution in [-0.2, 0) is 0 Å². The predicted molar refractivity (Wildman–Crippen MR) is 79.9 cm³/mol. The van der Waals surface area contributed by atoms with E-state index in [4.69, 9.17) is 11.6 Å². The lowest BCUT2D eigenvalue weighted by Crippen LogP contribution is -2.10. The van der Waals surface area contributed by atoms with Crippen LogP contribution in [0.5, 0.6) is 0 Å². The summed E-state index contributed by atoms with van der Waals surface area (Å²) in [5.74, 6) is 0. The van der Waals surface area contributed by atoms with Gasteiger partial charge in [0.2, 0.25) is 0 Å². The highest BCUT2D eigenvalue weighted by Crippen LogP contribution is 2.36. The van der Waals surface area contributed by atoms with Crippen molar-refractivity contribution in [3.8, 4) is 10.4 Å². The summed E-state index contributed by atoms with van der Waals surface area (Å²) >= 11 is 11.4. The molecule has 1 aromatic carbocycles. The number of hydrogen-bond donors (Lipinski definition) is 1. The molecule has 1 N–H and O–H groups in total. The molecule has 0 bridgehead atoms. The van der Waals surface area contributed by atoms with Crippen LogP contribution in [0.25, 0.3) is 10.4 Å². The van der Waals surface area contributed by atoms with Crippen LogP contribution in [0, 0.1) is 0 Å². The molecule has 4 heteroatoms. The van der Waals surface area contributed by atoms with Crippen LogP contribution in [0.3, 0.4) is 0 Å². The number of rotatable bonds is 3. The van der Waals surface area contributed by atoms with Gasteiger partial charge in [0.1, 0.15) is 0 Å². The van der Waals surface area contributed by atoms with Crippen LogP contribution >= 0.6 is 38.9 Å². The first-order valence-corrected chi connectivity index (χ1v) is 7.33. The highest BCUT2D eigenvalue weighted by molar-refractivity contribution is 9.10. The first-order chi connectivity index (χ1) is 8.11. The van der Waals surface area contributed by atoms with Crippen molar-refractivity contribution in [3.05, 3.63) is 44.7 Å². The molecule has 0 amide bonds. The van der Waals surface area contributed by atoms with E-state index in [1.54, 1.807) is 11.3 Å². The molecular weight excluding hydrogens is 318 g/mol. The quantitative estimate of drug-likeness (QED) is 0.824. The number of nitrogens with one attached hydrogen (secondary N) is 1. The second kappa shape index (κ2) is 5.53. The van der Waals surface area contributed by atoms with Gasteiger partial charge in [-0.15, -0.1) is 11.3 Å². The number of hydrogen-bond acceptors (Lipinski definition) is 2. The van der Waals surface area contributed by atoms with Crippen molar-refractivity contribution < 1.29 is 0 Å². The summed E-state index contributed by atoms with van der Waals surface area (Å²) in [6.07, 6.45) is 0. The van der Waals surface area contributed by atoms with E-state index < -0.39 is 0 Å². The number of halogens is 2. The van der Waals surface area contributed by atoms with Crippen molar-refractivity contribution in [2.75, 3.05) is 7.05 Å². The molecule has 0 radical (unpaired) electrons. The topological polar surface area (TPSA) is 12.0 Å². The van der Waals surface area contributed by atoms with Gasteiger partial charge in [-0.2, -0.15) is 0 Å². The fraction of sp³-hybridized carbons (Fsp3) is 0.231. The Morgan fingerprint density at radius 1 is 1.29 bits per heavy atom. The summed E-state index contributed by atoms with van der Waals surface area (Å²) in [4.78, 5) is 2.56. The van der Waals surface area contributed by atoms with Gasteiger partial charge in [0.05, 0.1) is 0 Å². The van der Waals surface area contributed by atoms with E-state index in [2.05, 4.69) is 40.3 Å². The van der Waals surface area contributed by atoms with Crippen LogP contribution in [0.15, 0.2) is 34.8 Å². The third-order valence-electron chi connectivity index (χ3n) is 2.68. The number of thiophene rings is 1. The molecule has 17 heavy (non-hydrogen) atoms. The van der Waals surface area contributed by atoms with E-state index in [0.29, 0.717) is 6.04 Å². The molecule has 2 rings (SSSR count). The van der Waals surface area contributed by atoms with Crippen LogP contribution in [-0.4, -0.2) is 7.05 Å². The third kappa shape index (κ3) is 2.91. The van der Waals surface area contributed by atoms with Gasteiger partial charge >= 0.3 is 0 Å². The van der Waals surface area contributed by atoms with Crippen LogP contribution in [0.1, 0.15) is 17.8 Å². The Kier molecular flexibility index (Phi) is 4.26. The molecule has 1 heterocycles. The maximum Gasteiger partial charge on any atom is 0.0413 e. The van der Waals surface area contributed by atoms with Crippen LogP contribution in [0.2, 0.25) is 5.02 Å². The minimum absolute atomic E-state index is 0.381. The largest absolute Gasteiger partial charge is 0.313 e. The molecule has 0 saturated heterocycles. The molecule has 0 aliphatic carbocycles. The summed E-state index contributed by atoms with van der Waals surface area (Å²) in [7, 11) is 1.97. The Balaban J connectivity index is 2.40. The standard InChI is InChI=1S/C13H13BrClNS/c1-8(16-2)12-5-6-13(17-12)10-7-9(15)3-4-11(10)14/h3-8,16H,1-2H3. The van der Waals surface area contributed by atoms with Gasteiger partial charge in [-0.3, -0.25) is 0 Å². The summed E-state index contributed by atoms with van der Waals surface area (Å²) in [6, 6.07) is 10.6. The highest BCUT2D eigenvalue weighted by atomic mass is 79.9. The summed E-state index contributed by atoms with van der Waals surface area (Å²) in [5, 5.41) is 4.01. The first-order valence-electron chi connectivity index (χ1n) is 5.34. The molecule has 90 valence electrons. The lowest BCUT2D eigenvalue weighted by atomic mass is 10.2. The Labute approximate surface area is 119 Å². The lowest BCUT2D eigenvalue weighted by Gasteiger charge is -2.06. The maximum absolute atomic E-state index is 6.03. The highest BCUT2D eigenvalue weighted by Gasteiger charge is 2.10. The third-order valence-corrected chi connectivity index (χ3v) is 4.91. The maximum atomic E-state index is 6.03. The van der Waals surface area contributed by atoms with Gasteiger partial charge in [0.25, 0.3) is 0 Å². The fourth-order valence-electron chi connectivity index (χ4n) is 1.56. The zero-order valence-electron chi connectivity index (χ0n) is 9.63. The van der Waals surface area contributed by atoms with E-state index in [1.807, 2.05) is 25.2 Å². The second-order valence-electron chi connectivity index (χ2n) is 3.84. The second-order valence-corrected chi connectivity index (χ2v) is 6.24. The van der Waals surface area contributed by atoms with Gasteiger partial charge in [-0.1, -0.05) is 27.5 Å². The zero-order valence-corrected chi connectivity index (χ0v) is 12.8. The monoisotopic (exact) mass is 329 g/mol. The molecule has 1 unspecified atom stereocenters. The van der Waals surface area contributed by atoms with Crippen molar-refractivity contribution in [1.29, 1.82) is 0 Å². The van der Waals surface area contributed by atoms with Crippen LogP contribution in [0.4, 0.5) is 0 Å². The van der Waals surface area contributed by atoms with Gasteiger partial charge in [-0.25, -0.2) is 0 Å². The molecule has 0 aliphatic heterocycles. The molecular formula is C13H13BrClNS. The molecule has 1 atom stereocenters. The van der Waals surface area contributed by atoms with E-state index >= 15 is 0 Å². The molecule has 2 aromatic rings. The summed E-state index contributed by atoms with van der Waals surface area (Å²) < 4.78 is 1.08. The molecule has 1 aromatic heterocycles. The lowest BCUT2D eigenvalue weighted by molar-refractivity contribution is 0.664. The Bertz CT molecular complexity index is 524. The molecule has 0 saturated carbocycles. The summed E-state index contributed by atoms with van der Waals surface area (Å²) in [6.45, 7) is 2.16. The van der Waals surface area contributed by atoms with Crippen molar-refractivity contribution in [3.63, 3.8) is 0 Å².